The topological polar surface area (TPSA) is 146 Å². The van der Waals surface area contributed by atoms with Crippen LogP contribution in [0.5, 0.6) is 0 Å². The van der Waals surface area contributed by atoms with Crippen LogP contribution in [-0.2, 0) is 15.0 Å². The summed E-state index contributed by atoms with van der Waals surface area (Å²) in [6, 6.07) is 15.7. The Hall–Kier alpha value is -5.61. The third-order valence-electron chi connectivity index (χ3n) is 13.4. The first kappa shape index (κ1) is 37.0. The molecule has 13 heteroatoms. The maximum Gasteiger partial charge on any atom is 0.262 e. The Morgan fingerprint density at radius 1 is 0.965 bits per heavy atom. The van der Waals surface area contributed by atoms with Gasteiger partial charge in [-0.1, -0.05) is 30.7 Å². The summed E-state index contributed by atoms with van der Waals surface area (Å²) in [5, 5.41) is 12.6. The zero-order valence-corrected chi connectivity index (χ0v) is 33.0. The summed E-state index contributed by atoms with van der Waals surface area (Å²) in [5.74, 6) is 0.243. The molecule has 9 rings (SSSR count). The molecule has 1 aromatic heterocycles. The number of anilines is 4. The minimum absolute atomic E-state index is 0.0954. The van der Waals surface area contributed by atoms with E-state index in [1.165, 1.54) is 18.4 Å². The lowest BCUT2D eigenvalue weighted by Gasteiger charge is -2.45. The lowest BCUT2D eigenvalue weighted by molar-refractivity contribution is -0.136. The van der Waals surface area contributed by atoms with E-state index in [4.69, 9.17) is 9.97 Å². The minimum Gasteiger partial charge on any atom is -0.371 e. The molecule has 2 aliphatic carbocycles. The van der Waals surface area contributed by atoms with E-state index < -0.39 is 29.2 Å². The number of carbonyl (C=O) groups excluding carboxylic acids is 4. The summed E-state index contributed by atoms with van der Waals surface area (Å²) in [4.78, 5) is 70.1. The van der Waals surface area contributed by atoms with Crippen molar-refractivity contribution in [3.8, 4) is 6.07 Å². The third kappa shape index (κ3) is 6.63. The number of amides is 4. The van der Waals surface area contributed by atoms with Gasteiger partial charge in [0.15, 0.2) is 0 Å². The van der Waals surface area contributed by atoms with E-state index in [2.05, 4.69) is 82.2 Å². The number of aromatic nitrogens is 2. The highest BCUT2D eigenvalue weighted by Gasteiger charge is 2.62. The van der Waals surface area contributed by atoms with Crippen LogP contribution in [0.25, 0.3) is 6.08 Å². The number of carbonyl (C=O) groups is 4. The molecule has 6 aliphatic rings. The van der Waals surface area contributed by atoms with Crippen molar-refractivity contribution in [2.75, 3.05) is 67.6 Å². The molecule has 4 amide bonds. The zero-order chi connectivity index (χ0) is 39.6. The number of hydrogen-bond donors (Lipinski definition) is 1. The number of allylic oxidation sites excluding steroid dienone is 1. The highest BCUT2D eigenvalue weighted by atomic mass is 16.2. The second-order valence-electron chi connectivity index (χ2n) is 17.2. The maximum absolute atomic E-state index is 13.3. The van der Waals surface area contributed by atoms with Gasteiger partial charge in [-0.2, -0.15) is 5.26 Å². The second kappa shape index (κ2) is 14.1. The number of hydrogen-bond acceptors (Lipinski definition) is 11. The van der Waals surface area contributed by atoms with Gasteiger partial charge in [0.2, 0.25) is 11.8 Å². The van der Waals surface area contributed by atoms with E-state index in [1.807, 2.05) is 6.07 Å². The smallest absolute Gasteiger partial charge is 0.262 e. The average molecular weight is 768 g/mol. The highest BCUT2D eigenvalue weighted by molar-refractivity contribution is 6.23. The molecular formula is C44H49N9O4. The van der Waals surface area contributed by atoms with Gasteiger partial charge >= 0.3 is 0 Å². The number of rotatable bonds is 10. The summed E-state index contributed by atoms with van der Waals surface area (Å²) in [7, 11) is 2.06. The normalized spacial score (nSPS) is 22.9. The van der Waals surface area contributed by atoms with Gasteiger partial charge in [-0.15, -0.1) is 0 Å². The maximum atomic E-state index is 13.3. The molecule has 294 valence electrons. The Bertz CT molecular complexity index is 2240. The molecule has 1 spiro atoms. The molecule has 0 bridgehead atoms. The van der Waals surface area contributed by atoms with Gasteiger partial charge in [-0.05, 0) is 86.3 Å². The fourth-order valence-corrected chi connectivity index (χ4v) is 9.62. The molecule has 57 heavy (non-hydrogen) atoms. The summed E-state index contributed by atoms with van der Waals surface area (Å²) >= 11 is 0. The molecule has 1 unspecified atom stereocenters. The van der Waals surface area contributed by atoms with Crippen molar-refractivity contribution in [3.63, 3.8) is 0 Å². The second-order valence-corrected chi connectivity index (χ2v) is 17.2. The zero-order valence-electron chi connectivity index (χ0n) is 33.0. The molecule has 2 saturated carbocycles. The number of nitrogens with zero attached hydrogens (tertiary/aromatic N) is 8. The Labute approximate surface area is 333 Å². The number of benzene rings is 2. The first-order chi connectivity index (χ1) is 27.5. The quantitative estimate of drug-likeness (QED) is 0.277. The van der Waals surface area contributed by atoms with Gasteiger partial charge in [-0.25, -0.2) is 9.97 Å². The number of piperidine rings is 1. The van der Waals surface area contributed by atoms with E-state index in [0.717, 1.165) is 104 Å². The molecule has 1 atom stereocenters. The van der Waals surface area contributed by atoms with Gasteiger partial charge in [0, 0.05) is 82.6 Å². The van der Waals surface area contributed by atoms with E-state index >= 15 is 0 Å². The van der Waals surface area contributed by atoms with Crippen LogP contribution in [0.15, 0.2) is 54.4 Å². The van der Waals surface area contributed by atoms with Crippen molar-refractivity contribution >= 4 is 52.7 Å². The van der Waals surface area contributed by atoms with Crippen LogP contribution < -0.4 is 20.0 Å². The average Bonchev–Trinajstić information content (AvgIpc) is 3.95. The van der Waals surface area contributed by atoms with Crippen LogP contribution in [0.3, 0.4) is 0 Å². The summed E-state index contributed by atoms with van der Waals surface area (Å²) < 4.78 is 0. The molecule has 5 heterocycles. The molecule has 0 radical (unpaired) electrons. The van der Waals surface area contributed by atoms with Gasteiger partial charge in [0.05, 0.1) is 22.6 Å². The van der Waals surface area contributed by atoms with E-state index in [0.29, 0.717) is 22.5 Å². The molecule has 3 saturated heterocycles. The minimum atomic E-state index is -0.969. The van der Waals surface area contributed by atoms with Crippen molar-refractivity contribution in [2.45, 2.75) is 70.3 Å². The van der Waals surface area contributed by atoms with Crippen LogP contribution in [-0.4, -0.2) is 102 Å². The molecular weight excluding hydrogens is 719 g/mol. The van der Waals surface area contributed by atoms with E-state index in [9.17, 15) is 24.4 Å². The molecule has 13 nitrogen and oxygen atoms in total. The van der Waals surface area contributed by atoms with Crippen molar-refractivity contribution in [1.29, 1.82) is 5.26 Å². The molecule has 5 fully saturated rings. The summed E-state index contributed by atoms with van der Waals surface area (Å²) in [5.41, 5.74) is 6.06. The van der Waals surface area contributed by atoms with Crippen molar-refractivity contribution in [2.24, 2.45) is 11.3 Å². The number of imide groups is 2. The van der Waals surface area contributed by atoms with Gasteiger partial charge in [0.1, 0.15) is 24.0 Å². The molecule has 1 N–H and O–H groups in total. The Morgan fingerprint density at radius 3 is 2.42 bits per heavy atom. The van der Waals surface area contributed by atoms with Crippen LogP contribution in [0.2, 0.25) is 0 Å². The molecule has 3 aromatic rings. The van der Waals surface area contributed by atoms with E-state index in [-0.39, 0.29) is 18.7 Å². The first-order valence-corrected chi connectivity index (χ1v) is 20.4. The van der Waals surface area contributed by atoms with Gasteiger partial charge in [0.25, 0.3) is 11.8 Å². The third-order valence-corrected chi connectivity index (χ3v) is 13.4. The molecule has 2 aromatic carbocycles. The van der Waals surface area contributed by atoms with Crippen molar-refractivity contribution < 1.29 is 19.2 Å². The Morgan fingerprint density at radius 2 is 1.72 bits per heavy atom. The number of fused-ring (bicyclic) bond motifs is 1. The largest absolute Gasteiger partial charge is 0.371 e. The van der Waals surface area contributed by atoms with E-state index in [1.54, 1.807) is 18.5 Å². The first-order valence-electron chi connectivity index (χ1n) is 20.4. The highest BCUT2D eigenvalue weighted by Crippen LogP contribution is 2.69. The Kier molecular flexibility index (Phi) is 9.15. The van der Waals surface area contributed by atoms with Crippen molar-refractivity contribution in [1.82, 2.24) is 25.1 Å². The van der Waals surface area contributed by atoms with Crippen molar-refractivity contribution in [3.05, 3.63) is 76.6 Å². The predicted octanol–water partition coefficient (Wildman–Crippen LogP) is 5.05. The molecule has 4 aliphatic heterocycles. The fourth-order valence-electron chi connectivity index (χ4n) is 9.62. The lowest BCUT2D eigenvalue weighted by Crippen LogP contribution is -2.55. The summed E-state index contributed by atoms with van der Waals surface area (Å²) in [6.45, 7) is 10.6. The monoisotopic (exact) mass is 767 g/mol. The van der Waals surface area contributed by atoms with Crippen LogP contribution >= 0.6 is 0 Å². The van der Waals surface area contributed by atoms with Gasteiger partial charge < -0.3 is 14.7 Å². The van der Waals surface area contributed by atoms with Crippen LogP contribution in [0.4, 0.5) is 23.0 Å². The fraction of sp³-hybridized carbons (Fsp3) is 0.477. The SMILES string of the molecule is CC/C(C)=C/c1ccc(C2(C#N)CC3(CC3)C2)cc1N(C)c1cc(N2CCN(CC3CN(c4ccc5c(c4)C(=O)N(C4CCC(=O)NC4=O)C5=O)C3)CC2)ncn1. The summed E-state index contributed by atoms with van der Waals surface area (Å²) in [6.07, 6.45) is 9.51. The standard InChI is InChI=1S/C44H49N9O4/c1-4-28(2)17-30-5-6-31(44(26-45)24-43(25-44)11-12-43)18-36(30)49(3)37-20-38(47-27-46-37)51-15-13-50(14-16-51)21-29-22-52(23-29)32-7-8-33-34(19-32)42(57)53(41(33)56)35-9-10-39(54)48-40(35)55/h5-8,17-20,27,29,35H,4,9-16,21-25H2,1-3H3,(H,48,54,55)/b28-17+. The number of nitriles is 1. The number of nitrogens with one attached hydrogen (secondary N) is 1. The van der Waals surface area contributed by atoms with Gasteiger partial charge in [-0.3, -0.25) is 34.3 Å². The number of piperazine rings is 1. The lowest BCUT2D eigenvalue weighted by atomic mass is 9.57. The van der Waals surface area contributed by atoms with Crippen LogP contribution in [0, 0.1) is 22.7 Å². The Balaban J connectivity index is 0.812. The predicted molar refractivity (Wildman–Crippen MR) is 216 cm³/mol. The van der Waals surface area contributed by atoms with Crippen LogP contribution in [0.1, 0.15) is 90.6 Å².